The topological polar surface area (TPSA) is 83.2 Å². The van der Waals surface area contributed by atoms with Crippen molar-refractivity contribution in [3.05, 3.63) is 39.9 Å². The minimum Gasteiger partial charge on any atom is -0.616 e. The van der Waals surface area contributed by atoms with Crippen LogP contribution in [-0.2, 0) is 0 Å². The summed E-state index contributed by atoms with van der Waals surface area (Å²) in [4.78, 5) is 9.79. The number of aromatic nitrogens is 1. The highest BCUT2D eigenvalue weighted by atomic mass is 16.6. The summed E-state index contributed by atoms with van der Waals surface area (Å²) in [7, 11) is 0. The first-order chi connectivity index (χ1) is 6.18. The van der Waals surface area contributed by atoms with Crippen molar-refractivity contribution in [2.45, 2.75) is 0 Å². The fourth-order valence-corrected chi connectivity index (χ4v) is 1.05. The third-order valence-corrected chi connectivity index (χ3v) is 1.67. The largest absolute Gasteiger partial charge is 0.616 e. The van der Waals surface area contributed by atoms with E-state index in [4.69, 9.17) is 4.42 Å². The zero-order valence-corrected chi connectivity index (χ0v) is 6.34. The lowest BCUT2D eigenvalue weighted by atomic mass is 10.3. The Morgan fingerprint density at radius 2 is 2.23 bits per heavy atom. The average Bonchev–Trinajstić information content (AvgIpc) is 2.47. The second kappa shape index (κ2) is 2.44. The summed E-state index contributed by atoms with van der Waals surface area (Å²) in [6, 6.07) is 3.82. The molecule has 0 amide bonds. The van der Waals surface area contributed by atoms with Gasteiger partial charge in [0.2, 0.25) is 5.58 Å². The minimum absolute atomic E-state index is 0.0950. The van der Waals surface area contributed by atoms with Crippen molar-refractivity contribution in [1.29, 1.82) is 0 Å². The van der Waals surface area contributed by atoms with Crippen LogP contribution >= 0.6 is 0 Å². The molecule has 1 aromatic heterocycles. The van der Waals surface area contributed by atoms with Crippen molar-refractivity contribution >= 4 is 16.8 Å². The second-order valence-corrected chi connectivity index (χ2v) is 2.46. The number of non-ortho nitro benzene ring substituents is 1. The first-order valence-electron chi connectivity index (χ1n) is 3.43. The molecule has 0 N–H and O–H groups in total. The van der Waals surface area contributed by atoms with Gasteiger partial charge < -0.3 is 9.62 Å². The molecule has 13 heavy (non-hydrogen) atoms. The minimum atomic E-state index is -0.545. The van der Waals surface area contributed by atoms with Gasteiger partial charge in [-0.15, -0.1) is 4.73 Å². The molecule has 66 valence electrons. The van der Waals surface area contributed by atoms with Crippen molar-refractivity contribution in [3.63, 3.8) is 0 Å². The summed E-state index contributed by atoms with van der Waals surface area (Å²) in [5, 5.41) is 21.2. The molecule has 0 aliphatic carbocycles. The predicted octanol–water partition coefficient (Wildman–Crippen LogP) is 0.974. The summed E-state index contributed by atoms with van der Waals surface area (Å²) in [6.07, 6.45) is 0.953. The van der Waals surface area contributed by atoms with Crippen molar-refractivity contribution in [2.24, 2.45) is 0 Å². The van der Waals surface area contributed by atoms with Crippen LogP contribution in [0.5, 0.6) is 0 Å². The van der Waals surface area contributed by atoms with Crippen molar-refractivity contribution in [3.8, 4) is 0 Å². The van der Waals surface area contributed by atoms with Gasteiger partial charge in [-0.3, -0.25) is 10.1 Å². The van der Waals surface area contributed by atoms with Gasteiger partial charge in [0, 0.05) is 12.1 Å². The van der Waals surface area contributed by atoms with E-state index >= 15 is 0 Å². The SMILES string of the molecule is O=[N+]([O-])c1ccc2c(c1)oc[n+]2[O-]. The molecule has 6 nitrogen and oxygen atoms in total. The fourth-order valence-electron chi connectivity index (χ4n) is 1.05. The van der Waals surface area contributed by atoms with E-state index in [0.717, 1.165) is 6.39 Å². The Morgan fingerprint density at radius 1 is 1.46 bits per heavy atom. The van der Waals surface area contributed by atoms with Crippen LogP contribution in [0, 0.1) is 15.3 Å². The Labute approximate surface area is 71.7 Å². The van der Waals surface area contributed by atoms with Gasteiger partial charge in [-0.1, -0.05) is 0 Å². The maximum Gasteiger partial charge on any atom is 0.347 e. The first kappa shape index (κ1) is 7.53. The number of nitro benzene ring substituents is 1. The lowest BCUT2D eigenvalue weighted by Crippen LogP contribution is -2.21. The molecule has 0 bridgehead atoms. The first-order valence-corrected chi connectivity index (χ1v) is 3.43. The molecular formula is C7H4N2O4. The molecule has 2 rings (SSSR count). The van der Waals surface area contributed by atoms with E-state index in [0.29, 0.717) is 4.73 Å². The molecule has 0 unspecified atom stereocenters. The van der Waals surface area contributed by atoms with Gasteiger partial charge in [0.15, 0.2) is 0 Å². The number of oxazole rings is 1. The lowest BCUT2D eigenvalue weighted by Gasteiger charge is -1.89. The van der Waals surface area contributed by atoms with E-state index in [-0.39, 0.29) is 16.8 Å². The zero-order chi connectivity index (χ0) is 9.42. The van der Waals surface area contributed by atoms with Gasteiger partial charge in [-0.25, -0.2) is 0 Å². The molecular weight excluding hydrogens is 176 g/mol. The van der Waals surface area contributed by atoms with Gasteiger partial charge in [-0.2, -0.15) is 0 Å². The Bertz CT molecular complexity index is 476. The van der Waals surface area contributed by atoms with Crippen LogP contribution in [0.3, 0.4) is 0 Å². The zero-order valence-electron chi connectivity index (χ0n) is 6.34. The standard InChI is InChI=1S/C7H4N2O4/c10-8-4-13-7-3-5(9(11)12)1-2-6(7)8/h1-4H. The Kier molecular flexibility index (Phi) is 1.42. The van der Waals surface area contributed by atoms with Crippen LogP contribution in [0.2, 0.25) is 0 Å². The quantitative estimate of drug-likeness (QED) is 0.283. The Hall–Kier alpha value is -2.11. The third-order valence-electron chi connectivity index (χ3n) is 1.67. The van der Waals surface area contributed by atoms with Gasteiger partial charge in [0.05, 0.1) is 11.0 Å². The van der Waals surface area contributed by atoms with Gasteiger partial charge in [0.25, 0.3) is 11.2 Å². The Morgan fingerprint density at radius 3 is 2.92 bits per heavy atom. The summed E-state index contributed by atoms with van der Waals surface area (Å²) >= 11 is 0. The van der Waals surface area contributed by atoms with E-state index in [1.54, 1.807) is 0 Å². The van der Waals surface area contributed by atoms with E-state index in [1.807, 2.05) is 0 Å². The van der Waals surface area contributed by atoms with Crippen LogP contribution < -0.4 is 4.73 Å². The number of fused-ring (bicyclic) bond motifs is 1. The molecule has 0 saturated carbocycles. The van der Waals surface area contributed by atoms with Gasteiger partial charge in [-0.05, 0) is 0 Å². The number of benzene rings is 1. The number of rotatable bonds is 1. The van der Waals surface area contributed by atoms with Gasteiger partial charge >= 0.3 is 6.39 Å². The second-order valence-electron chi connectivity index (χ2n) is 2.46. The maximum atomic E-state index is 10.9. The van der Waals surface area contributed by atoms with Crippen LogP contribution in [0.25, 0.3) is 11.1 Å². The van der Waals surface area contributed by atoms with Crippen LogP contribution in [0.4, 0.5) is 5.69 Å². The van der Waals surface area contributed by atoms with Crippen molar-refractivity contribution in [1.82, 2.24) is 0 Å². The van der Waals surface area contributed by atoms with E-state index < -0.39 is 4.92 Å². The lowest BCUT2D eigenvalue weighted by molar-refractivity contribution is -0.582. The number of hydrogen-bond donors (Lipinski definition) is 0. The summed E-state index contributed by atoms with van der Waals surface area (Å²) in [6.45, 7) is 0. The van der Waals surface area contributed by atoms with Gasteiger partial charge in [0.1, 0.15) is 0 Å². The highest BCUT2D eigenvalue weighted by molar-refractivity contribution is 5.71. The van der Waals surface area contributed by atoms with E-state index in [1.165, 1.54) is 18.2 Å². The molecule has 0 spiro atoms. The molecule has 0 radical (unpaired) electrons. The average molecular weight is 180 g/mol. The van der Waals surface area contributed by atoms with E-state index in [9.17, 15) is 15.3 Å². The molecule has 1 heterocycles. The van der Waals surface area contributed by atoms with Crippen LogP contribution in [-0.4, -0.2) is 4.92 Å². The molecule has 0 fully saturated rings. The Balaban J connectivity index is 2.70. The normalized spacial score (nSPS) is 10.5. The number of nitrogens with zero attached hydrogens (tertiary/aromatic N) is 2. The summed E-state index contributed by atoms with van der Waals surface area (Å²) in [5.41, 5.74) is 0.400. The molecule has 0 aliphatic rings. The number of nitro groups is 1. The molecule has 6 heteroatoms. The van der Waals surface area contributed by atoms with Crippen LogP contribution in [0.15, 0.2) is 29.0 Å². The predicted molar refractivity (Wildman–Crippen MR) is 41.8 cm³/mol. The summed E-state index contributed by atoms with van der Waals surface area (Å²) in [5.74, 6) is 0. The molecule has 0 saturated heterocycles. The molecule has 0 atom stereocenters. The highest BCUT2D eigenvalue weighted by Gasteiger charge is 2.13. The molecule has 0 aliphatic heterocycles. The summed E-state index contributed by atoms with van der Waals surface area (Å²) < 4.78 is 5.30. The third kappa shape index (κ3) is 1.08. The smallest absolute Gasteiger partial charge is 0.347 e. The van der Waals surface area contributed by atoms with Crippen molar-refractivity contribution < 1.29 is 14.1 Å². The highest BCUT2D eigenvalue weighted by Crippen LogP contribution is 2.18. The van der Waals surface area contributed by atoms with E-state index in [2.05, 4.69) is 0 Å². The monoisotopic (exact) mass is 180 g/mol. The number of hydrogen-bond acceptors (Lipinski definition) is 4. The van der Waals surface area contributed by atoms with Crippen LogP contribution in [0.1, 0.15) is 0 Å². The fraction of sp³-hybridized carbons (Fsp3) is 0. The maximum absolute atomic E-state index is 10.9. The molecule has 1 aromatic carbocycles. The van der Waals surface area contributed by atoms with Crippen molar-refractivity contribution in [2.75, 3.05) is 0 Å². The molecule has 2 aromatic rings.